The third kappa shape index (κ3) is 3.95. The molecule has 2 heterocycles. The largest absolute Gasteiger partial charge is 0.326 e. The molecule has 2 unspecified atom stereocenters. The molecule has 0 aromatic rings. The number of rotatable bonds is 4. The van der Waals surface area contributed by atoms with Crippen LogP contribution in [0.2, 0.25) is 0 Å². The standard InChI is InChI=1S/C17H36N2/c1-18(2)14-7-5-10-16(18)12-9-13-17-11-6-8-15-19(17,3)4/h16-17H,5-15H2,1-4H3/q+2. The Bertz CT molecular complexity index is 255. The van der Waals surface area contributed by atoms with Crippen molar-refractivity contribution in [1.82, 2.24) is 0 Å². The van der Waals surface area contributed by atoms with Gasteiger partial charge in [0.05, 0.1) is 53.4 Å². The van der Waals surface area contributed by atoms with Gasteiger partial charge in [0.2, 0.25) is 0 Å². The molecule has 0 aliphatic carbocycles. The fourth-order valence-corrected chi connectivity index (χ4v) is 4.44. The Balaban J connectivity index is 1.76. The maximum atomic E-state index is 2.45. The lowest BCUT2D eigenvalue weighted by Gasteiger charge is -2.43. The minimum Gasteiger partial charge on any atom is -0.326 e. The van der Waals surface area contributed by atoms with E-state index in [0.717, 1.165) is 12.1 Å². The molecule has 0 N–H and O–H groups in total. The van der Waals surface area contributed by atoms with Gasteiger partial charge in [-0.15, -0.1) is 0 Å². The Hall–Kier alpha value is -0.0800. The monoisotopic (exact) mass is 268 g/mol. The second-order valence-electron chi connectivity index (χ2n) is 8.23. The Morgan fingerprint density at radius 2 is 1.11 bits per heavy atom. The van der Waals surface area contributed by atoms with Crippen LogP contribution in [0.4, 0.5) is 0 Å². The van der Waals surface area contributed by atoms with Gasteiger partial charge in [0.15, 0.2) is 0 Å². The third-order valence-corrected chi connectivity index (χ3v) is 6.10. The first-order valence-corrected chi connectivity index (χ1v) is 8.57. The van der Waals surface area contributed by atoms with E-state index < -0.39 is 0 Å². The third-order valence-electron chi connectivity index (χ3n) is 6.10. The van der Waals surface area contributed by atoms with E-state index in [1.165, 1.54) is 79.8 Å². The van der Waals surface area contributed by atoms with Gasteiger partial charge in [-0.3, -0.25) is 0 Å². The van der Waals surface area contributed by atoms with Crippen molar-refractivity contribution < 1.29 is 8.97 Å². The second-order valence-corrected chi connectivity index (χ2v) is 8.23. The molecule has 2 aliphatic rings. The predicted octanol–water partition coefficient (Wildman–Crippen LogP) is 3.41. The molecule has 0 aromatic heterocycles. The van der Waals surface area contributed by atoms with E-state index in [1.54, 1.807) is 0 Å². The van der Waals surface area contributed by atoms with Crippen LogP contribution in [0.3, 0.4) is 0 Å². The number of hydrogen-bond donors (Lipinski definition) is 0. The summed E-state index contributed by atoms with van der Waals surface area (Å²) >= 11 is 0. The molecule has 2 heteroatoms. The molecule has 2 aliphatic heterocycles. The van der Waals surface area contributed by atoms with Gasteiger partial charge in [0, 0.05) is 0 Å². The van der Waals surface area contributed by atoms with Gasteiger partial charge in [-0.2, -0.15) is 0 Å². The maximum absolute atomic E-state index is 2.45. The van der Waals surface area contributed by atoms with Gasteiger partial charge in [-0.25, -0.2) is 0 Å². The Kier molecular flexibility index (Phi) is 4.94. The van der Waals surface area contributed by atoms with Crippen LogP contribution in [-0.2, 0) is 0 Å². The Morgan fingerprint density at radius 1 is 0.684 bits per heavy atom. The fraction of sp³-hybridized carbons (Fsp3) is 1.00. The predicted molar refractivity (Wildman–Crippen MR) is 83.1 cm³/mol. The fourth-order valence-electron chi connectivity index (χ4n) is 4.44. The zero-order chi connectivity index (χ0) is 13.9. The smallest absolute Gasteiger partial charge is 0.0886 e. The zero-order valence-corrected chi connectivity index (χ0v) is 13.8. The number of likely N-dealkylation sites (tertiary alicyclic amines) is 2. The van der Waals surface area contributed by atoms with Crippen molar-refractivity contribution in [1.29, 1.82) is 0 Å². The van der Waals surface area contributed by atoms with E-state index >= 15 is 0 Å². The minimum atomic E-state index is 0.938. The first kappa shape index (κ1) is 15.3. The molecule has 0 aromatic carbocycles. The molecule has 0 amide bonds. The van der Waals surface area contributed by atoms with Crippen molar-refractivity contribution in [3.8, 4) is 0 Å². The molecule has 19 heavy (non-hydrogen) atoms. The van der Waals surface area contributed by atoms with Crippen LogP contribution in [-0.4, -0.2) is 62.3 Å². The Labute approximate surface area is 121 Å². The quantitative estimate of drug-likeness (QED) is 0.685. The van der Waals surface area contributed by atoms with E-state index in [0.29, 0.717) is 0 Å². The molecule has 2 fully saturated rings. The van der Waals surface area contributed by atoms with E-state index in [9.17, 15) is 0 Å². The zero-order valence-electron chi connectivity index (χ0n) is 13.8. The van der Waals surface area contributed by atoms with Crippen LogP contribution in [0, 0.1) is 0 Å². The SMILES string of the molecule is C[N+]1(C)CCCCC1CCCC1CCCC[N+]1(C)C. The van der Waals surface area contributed by atoms with Crippen molar-refractivity contribution in [3.63, 3.8) is 0 Å². The van der Waals surface area contributed by atoms with Gasteiger partial charge in [0.1, 0.15) is 0 Å². The number of quaternary nitrogens is 2. The summed E-state index contributed by atoms with van der Waals surface area (Å²) in [4.78, 5) is 0. The summed E-state index contributed by atoms with van der Waals surface area (Å²) < 4.78 is 2.56. The van der Waals surface area contributed by atoms with Crippen LogP contribution in [0.1, 0.15) is 57.8 Å². The van der Waals surface area contributed by atoms with E-state index in [2.05, 4.69) is 28.2 Å². The summed E-state index contributed by atoms with van der Waals surface area (Å²) in [5.41, 5.74) is 0. The van der Waals surface area contributed by atoms with Crippen molar-refractivity contribution >= 4 is 0 Å². The van der Waals surface area contributed by atoms with Crippen molar-refractivity contribution in [2.75, 3.05) is 41.3 Å². The molecule has 0 radical (unpaired) electrons. The van der Waals surface area contributed by atoms with Gasteiger partial charge in [-0.05, 0) is 57.8 Å². The number of nitrogens with zero attached hydrogens (tertiary/aromatic N) is 2. The molecule has 2 nitrogen and oxygen atoms in total. The number of piperidine rings is 2. The van der Waals surface area contributed by atoms with Gasteiger partial charge in [0.25, 0.3) is 0 Å². The molecule has 0 bridgehead atoms. The van der Waals surface area contributed by atoms with Crippen LogP contribution in [0.15, 0.2) is 0 Å². The van der Waals surface area contributed by atoms with E-state index in [1.807, 2.05) is 0 Å². The molecule has 2 atom stereocenters. The maximum Gasteiger partial charge on any atom is 0.0886 e. The van der Waals surface area contributed by atoms with E-state index in [4.69, 9.17) is 0 Å². The highest BCUT2D eigenvalue weighted by Gasteiger charge is 2.33. The summed E-state index contributed by atoms with van der Waals surface area (Å²) in [5.74, 6) is 0. The minimum absolute atomic E-state index is 0.938. The van der Waals surface area contributed by atoms with Gasteiger partial charge in [-0.1, -0.05) is 0 Å². The topological polar surface area (TPSA) is 0 Å². The summed E-state index contributed by atoms with van der Waals surface area (Å²) in [6, 6.07) is 1.88. The van der Waals surface area contributed by atoms with E-state index in [-0.39, 0.29) is 0 Å². The highest BCUT2D eigenvalue weighted by molar-refractivity contribution is 4.69. The van der Waals surface area contributed by atoms with Crippen molar-refractivity contribution in [2.24, 2.45) is 0 Å². The van der Waals surface area contributed by atoms with Crippen LogP contribution < -0.4 is 0 Å². The second kappa shape index (κ2) is 6.13. The summed E-state index contributed by atoms with van der Waals surface area (Å²) in [5, 5.41) is 0. The van der Waals surface area contributed by atoms with Crippen LogP contribution in [0.25, 0.3) is 0 Å². The average Bonchev–Trinajstić information content (AvgIpc) is 2.33. The normalized spacial score (nSPS) is 34.1. The highest BCUT2D eigenvalue weighted by atomic mass is 15.3. The summed E-state index contributed by atoms with van der Waals surface area (Å²) in [6.45, 7) is 2.80. The average molecular weight is 268 g/mol. The lowest BCUT2D eigenvalue weighted by Crippen LogP contribution is -2.53. The highest BCUT2D eigenvalue weighted by Crippen LogP contribution is 2.29. The molecule has 2 saturated heterocycles. The van der Waals surface area contributed by atoms with Gasteiger partial charge < -0.3 is 8.97 Å². The molecular formula is C17H36N2+2. The van der Waals surface area contributed by atoms with Gasteiger partial charge >= 0.3 is 0 Å². The summed E-state index contributed by atoms with van der Waals surface area (Å²) in [6.07, 6.45) is 13.1. The van der Waals surface area contributed by atoms with Crippen LogP contribution in [0.5, 0.6) is 0 Å². The van der Waals surface area contributed by atoms with Crippen molar-refractivity contribution in [3.05, 3.63) is 0 Å². The lowest BCUT2D eigenvalue weighted by atomic mass is 9.91. The Morgan fingerprint density at radius 3 is 1.47 bits per heavy atom. The molecule has 2 rings (SSSR count). The lowest BCUT2D eigenvalue weighted by molar-refractivity contribution is -0.922. The molecular weight excluding hydrogens is 232 g/mol. The van der Waals surface area contributed by atoms with Crippen LogP contribution >= 0.6 is 0 Å². The molecule has 0 saturated carbocycles. The first-order chi connectivity index (χ1) is 8.92. The number of hydrogen-bond acceptors (Lipinski definition) is 0. The molecule has 112 valence electrons. The summed E-state index contributed by atoms with van der Waals surface area (Å²) in [7, 11) is 9.80. The first-order valence-electron chi connectivity index (χ1n) is 8.57. The molecule has 0 spiro atoms. The van der Waals surface area contributed by atoms with Crippen molar-refractivity contribution in [2.45, 2.75) is 69.9 Å².